The van der Waals surface area contributed by atoms with Crippen LogP contribution in [0.2, 0.25) is 0 Å². The van der Waals surface area contributed by atoms with Crippen molar-refractivity contribution in [3.63, 3.8) is 0 Å². The molecule has 2 aromatic carbocycles. The Labute approximate surface area is 138 Å². The van der Waals surface area contributed by atoms with E-state index in [0.717, 1.165) is 33.1 Å². The third kappa shape index (κ3) is 1.83. The lowest BCUT2D eigenvalue weighted by Gasteiger charge is -2.03. The van der Waals surface area contributed by atoms with Gasteiger partial charge >= 0.3 is 0 Å². The average molecular weight is 311 g/mol. The van der Waals surface area contributed by atoms with Crippen molar-refractivity contribution >= 4 is 32.8 Å². The fourth-order valence-corrected chi connectivity index (χ4v) is 3.29. The molecule has 4 heteroatoms. The van der Waals surface area contributed by atoms with E-state index in [1.54, 1.807) is 0 Å². The molecule has 0 aliphatic heterocycles. The first-order valence-electron chi connectivity index (χ1n) is 7.92. The summed E-state index contributed by atoms with van der Waals surface area (Å²) in [6.45, 7) is 0. The summed E-state index contributed by atoms with van der Waals surface area (Å²) in [5.74, 6) is 0.900. The highest BCUT2D eigenvalue weighted by Crippen LogP contribution is 2.24. The lowest BCUT2D eigenvalue weighted by atomic mass is 10.1. The van der Waals surface area contributed by atoms with E-state index in [-0.39, 0.29) is 0 Å². The minimum Gasteiger partial charge on any atom is -0.254 e. The van der Waals surface area contributed by atoms with Crippen molar-refractivity contribution in [2.75, 3.05) is 0 Å². The maximum atomic E-state index is 4.92. The van der Waals surface area contributed by atoms with Crippen LogP contribution >= 0.6 is 0 Å². The van der Waals surface area contributed by atoms with Gasteiger partial charge in [-0.25, -0.2) is 9.55 Å². The summed E-state index contributed by atoms with van der Waals surface area (Å²) in [4.78, 5) is 9.46. The van der Waals surface area contributed by atoms with E-state index in [0.29, 0.717) is 0 Å². The highest BCUT2D eigenvalue weighted by molar-refractivity contribution is 6.02. The number of fused-ring (bicyclic) bond motifs is 4. The van der Waals surface area contributed by atoms with Crippen LogP contribution < -0.4 is 4.57 Å². The predicted octanol–water partition coefficient (Wildman–Crippen LogP) is 3.55. The van der Waals surface area contributed by atoms with E-state index in [2.05, 4.69) is 82.1 Å². The summed E-state index contributed by atoms with van der Waals surface area (Å²) in [7, 11) is 2.05. The van der Waals surface area contributed by atoms with Gasteiger partial charge in [0.25, 0.3) is 6.33 Å². The van der Waals surface area contributed by atoms with Gasteiger partial charge in [-0.2, -0.15) is 4.57 Å². The molecule has 0 fully saturated rings. The Morgan fingerprint density at radius 2 is 1.62 bits per heavy atom. The number of rotatable bonds is 1. The van der Waals surface area contributed by atoms with Crippen LogP contribution in [0.15, 0.2) is 73.2 Å². The number of aromatic nitrogens is 4. The van der Waals surface area contributed by atoms with E-state index in [9.17, 15) is 0 Å². The molecule has 0 N–H and O–H groups in total. The fourth-order valence-electron chi connectivity index (χ4n) is 3.29. The van der Waals surface area contributed by atoms with Crippen LogP contribution in [0, 0.1) is 0 Å². The molecular formula is C20H15N4+. The van der Waals surface area contributed by atoms with Gasteiger partial charge in [-0.05, 0) is 24.3 Å². The summed E-state index contributed by atoms with van der Waals surface area (Å²) in [6.07, 6.45) is 3.89. The zero-order valence-electron chi connectivity index (χ0n) is 13.2. The Morgan fingerprint density at radius 3 is 2.54 bits per heavy atom. The largest absolute Gasteiger partial charge is 0.254 e. The second-order valence-electron chi connectivity index (χ2n) is 5.97. The molecule has 0 bridgehead atoms. The lowest BCUT2D eigenvalue weighted by molar-refractivity contribution is -0.645. The van der Waals surface area contributed by atoms with Gasteiger partial charge in [0.1, 0.15) is 5.52 Å². The number of imidazole rings is 1. The monoisotopic (exact) mass is 311 g/mol. The Bertz CT molecular complexity index is 1220. The molecule has 0 spiro atoms. The molecule has 0 radical (unpaired) electrons. The first-order chi connectivity index (χ1) is 11.8. The van der Waals surface area contributed by atoms with Gasteiger partial charge in [0, 0.05) is 23.0 Å². The molecule has 0 saturated heterocycles. The first-order valence-corrected chi connectivity index (χ1v) is 7.92. The van der Waals surface area contributed by atoms with Gasteiger partial charge in [-0.1, -0.05) is 30.3 Å². The summed E-state index contributed by atoms with van der Waals surface area (Å²) >= 11 is 0. The van der Waals surface area contributed by atoms with Crippen LogP contribution in [0.1, 0.15) is 0 Å². The molecule has 114 valence electrons. The molecule has 4 nitrogen and oxygen atoms in total. The highest BCUT2D eigenvalue weighted by Gasteiger charge is 2.16. The van der Waals surface area contributed by atoms with Crippen LogP contribution in [0.4, 0.5) is 0 Å². The van der Waals surface area contributed by atoms with E-state index in [1.807, 2.05) is 12.3 Å². The molecule has 3 aromatic heterocycles. The summed E-state index contributed by atoms with van der Waals surface area (Å²) in [6, 6.07) is 20.7. The van der Waals surface area contributed by atoms with Gasteiger partial charge < -0.3 is 0 Å². The zero-order valence-corrected chi connectivity index (χ0v) is 13.2. The molecule has 0 saturated carbocycles. The van der Waals surface area contributed by atoms with E-state index in [1.165, 1.54) is 5.52 Å². The van der Waals surface area contributed by atoms with E-state index >= 15 is 0 Å². The van der Waals surface area contributed by atoms with Crippen molar-refractivity contribution in [3.8, 4) is 5.82 Å². The Balaban J connectivity index is 1.85. The molecule has 3 heterocycles. The van der Waals surface area contributed by atoms with Gasteiger partial charge in [-0.3, -0.25) is 4.98 Å². The maximum absolute atomic E-state index is 4.92. The van der Waals surface area contributed by atoms with E-state index in [4.69, 9.17) is 4.98 Å². The van der Waals surface area contributed by atoms with Gasteiger partial charge in [0.2, 0.25) is 5.82 Å². The number of benzene rings is 2. The van der Waals surface area contributed by atoms with Crippen LogP contribution in [0.5, 0.6) is 0 Å². The topological polar surface area (TPSA) is 34.6 Å². The minimum atomic E-state index is 0.900. The normalized spacial score (nSPS) is 11.5. The standard InChI is InChI=1S/C20H15N4/c1-23-13-24(17-7-3-2-6-16(17)23)18-11-10-15-9-8-14-5-4-12-21-19(14)20(15)22-18/h2-13H,1H3/q+1. The minimum absolute atomic E-state index is 0.900. The number of nitrogens with zero attached hydrogens (tertiary/aromatic N) is 4. The van der Waals surface area contributed by atoms with Crippen molar-refractivity contribution in [3.05, 3.63) is 73.2 Å². The molecule has 0 aliphatic carbocycles. The van der Waals surface area contributed by atoms with Gasteiger partial charge in [0.05, 0.1) is 12.6 Å². The first kappa shape index (κ1) is 13.2. The Morgan fingerprint density at radius 1 is 0.833 bits per heavy atom. The predicted molar refractivity (Wildman–Crippen MR) is 95.1 cm³/mol. The third-order valence-corrected chi connectivity index (χ3v) is 4.47. The Hall–Kier alpha value is -3.27. The zero-order chi connectivity index (χ0) is 16.1. The van der Waals surface area contributed by atoms with Gasteiger partial charge in [0.15, 0.2) is 11.0 Å². The maximum Gasteiger partial charge on any atom is 0.251 e. The third-order valence-electron chi connectivity index (χ3n) is 4.47. The van der Waals surface area contributed by atoms with Crippen LogP contribution in [0.25, 0.3) is 38.7 Å². The number of aryl methyl sites for hydroxylation is 1. The van der Waals surface area contributed by atoms with Crippen molar-refractivity contribution in [2.24, 2.45) is 7.05 Å². The second-order valence-corrected chi connectivity index (χ2v) is 5.97. The second kappa shape index (κ2) is 4.86. The molecule has 0 aliphatic rings. The molecule has 0 atom stereocenters. The van der Waals surface area contributed by atoms with Crippen LogP contribution in [-0.4, -0.2) is 14.5 Å². The number of para-hydroxylation sites is 2. The molecule has 5 aromatic rings. The fraction of sp³-hybridized carbons (Fsp3) is 0.0500. The van der Waals surface area contributed by atoms with E-state index < -0.39 is 0 Å². The van der Waals surface area contributed by atoms with Gasteiger partial charge in [-0.15, -0.1) is 0 Å². The quantitative estimate of drug-likeness (QED) is 0.350. The molecule has 5 rings (SSSR count). The lowest BCUT2D eigenvalue weighted by Crippen LogP contribution is -2.25. The van der Waals surface area contributed by atoms with Crippen molar-refractivity contribution in [2.45, 2.75) is 0 Å². The van der Waals surface area contributed by atoms with Crippen LogP contribution in [0.3, 0.4) is 0 Å². The number of hydrogen-bond donors (Lipinski definition) is 0. The van der Waals surface area contributed by atoms with Crippen molar-refractivity contribution in [1.29, 1.82) is 0 Å². The molecule has 24 heavy (non-hydrogen) atoms. The van der Waals surface area contributed by atoms with Crippen molar-refractivity contribution < 1.29 is 4.57 Å². The molecule has 0 unspecified atom stereocenters. The van der Waals surface area contributed by atoms with Crippen LogP contribution in [-0.2, 0) is 7.05 Å². The molecular weight excluding hydrogens is 296 g/mol. The summed E-state index contributed by atoms with van der Waals surface area (Å²) in [5.41, 5.74) is 4.19. The molecule has 0 amide bonds. The summed E-state index contributed by atoms with van der Waals surface area (Å²) in [5, 5.41) is 2.21. The average Bonchev–Trinajstić information content (AvgIpc) is 2.98. The van der Waals surface area contributed by atoms with Crippen molar-refractivity contribution in [1.82, 2.24) is 14.5 Å². The SMILES string of the molecule is C[n+]1cn(-c2ccc3ccc4cccnc4c3n2)c2ccccc21. The summed E-state index contributed by atoms with van der Waals surface area (Å²) < 4.78 is 4.24. The smallest absolute Gasteiger partial charge is 0.251 e. The number of hydrogen-bond acceptors (Lipinski definition) is 2. The highest BCUT2D eigenvalue weighted by atomic mass is 15.2. The number of pyridine rings is 2. The Kier molecular flexibility index (Phi) is 2.67.